The van der Waals surface area contributed by atoms with Crippen molar-refractivity contribution in [1.29, 1.82) is 0 Å². The van der Waals surface area contributed by atoms with Gasteiger partial charge >= 0.3 is 5.97 Å². The normalized spacial score (nSPS) is 10.6. The van der Waals surface area contributed by atoms with Gasteiger partial charge in [-0.1, -0.05) is 6.92 Å². The summed E-state index contributed by atoms with van der Waals surface area (Å²) in [5.74, 6) is -0.417. The molecule has 0 atom stereocenters. The van der Waals surface area contributed by atoms with E-state index in [0.717, 1.165) is 18.7 Å². The minimum Gasteiger partial charge on any atom is -0.460 e. The van der Waals surface area contributed by atoms with Gasteiger partial charge in [0.05, 0.1) is 31.4 Å². The van der Waals surface area contributed by atoms with E-state index >= 15 is 0 Å². The number of ether oxygens (including phenoxy) is 1. The Labute approximate surface area is 110 Å². The number of aromatic nitrogens is 6. The number of rotatable bonds is 6. The molecule has 0 unspecified atom stereocenters. The Morgan fingerprint density at radius 1 is 1.42 bits per heavy atom. The minimum atomic E-state index is -0.519. The van der Waals surface area contributed by atoms with Gasteiger partial charge in [-0.05, 0) is 23.8 Å². The number of esters is 1. The van der Waals surface area contributed by atoms with Crippen LogP contribution in [0.25, 0.3) is 0 Å². The molecule has 2 rings (SSSR count). The van der Waals surface area contributed by atoms with Gasteiger partial charge in [-0.15, -0.1) is 5.10 Å². The van der Waals surface area contributed by atoms with Crippen molar-refractivity contribution in [2.45, 2.75) is 33.4 Å². The van der Waals surface area contributed by atoms with Gasteiger partial charge in [-0.2, -0.15) is 0 Å². The molecule has 2 aromatic rings. The fraction of sp³-hybridized carbons (Fsp3) is 0.545. The van der Waals surface area contributed by atoms with E-state index in [1.165, 1.54) is 4.68 Å². The summed E-state index contributed by atoms with van der Waals surface area (Å²) in [4.78, 5) is 15.8. The number of carbonyl (C=O) groups excluding carboxylic acids is 1. The molecule has 0 radical (unpaired) electrons. The predicted molar refractivity (Wildman–Crippen MR) is 65.4 cm³/mol. The molecular formula is C11H16N6O2. The van der Waals surface area contributed by atoms with Gasteiger partial charge in [-0.3, -0.25) is 0 Å². The molecular weight excluding hydrogens is 248 g/mol. The monoisotopic (exact) mass is 264 g/mol. The third-order valence-corrected chi connectivity index (χ3v) is 2.56. The summed E-state index contributed by atoms with van der Waals surface area (Å²) in [7, 11) is 0. The molecule has 102 valence electrons. The number of aryl methyl sites for hydroxylation is 1. The van der Waals surface area contributed by atoms with Gasteiger partial charge in [0.1, 0.15) is 0 Å². The van der Waals surface area contributed by atoms with Crippen LogP contribution in [0.3, 0.4) is 0 Å². The van der Waals surface area contributed by atoms with Crippen molar-refractivity contribution < 1.29 is 9.53 Å². The smallest absolute Gasteiger partial charge is 0.378 e. The molecule has 0 spiro atoms. The fourth-order valence-corrected chi connectivity index (χ4v) is 1.73. The van der Waals surface area contributed by atoms with Crippen LogP contribution in [-0.2, 0) is 17.8 Å². The molecule has 0 fully saturated rings. The van der Waals surface area contributed by atoms with E-state index in [1.807, 2.05) is 4.57 Å². The highest BCUT2D eigenvalue weighted by atomic mass is 16.5. The topological polar surface area (TPSA) is 87.7 Å². The van der Waals surface area contributed by atoms with Gasteiger partial charge in [0, 0.05) is 6.54 Å². The Kier molecular flexibility index (Phi) is 4.22. The average molecular weight is 264 g/mol. The van der Waals surface area contributed by atoms with Crippen molar-refractivity contribution in [3.63, 3.8) is 0 Å². The third kappa shape index (κ3) is 2.95. The lowest BCUT2D eigenvalue weighted by molar-refractivity contribution is 0.0505. The van der Waals surface area contributed by atoms with Crippen molar-refractivity contribution in [2.75, 3.05) is 6.61 Å². The van der Waals surface area contributed by atoms with Crippen LogP contribution in [0.1, 0.15) is 36.6 Å². The van der Waals surface area contributed by atoms with E-state index < -0.39 is 5.97 Å². The number of carbonyl (C=O) groups is 1. The summed E-state index contributed by atoms with van der Waals surface area (Å²) >= 11 is 0. The first-order valence-electron chi connectivity index (χ1n) is 6.18. The van der Waals surface area contributed by atoms with Crippen LogP contribution in [-0.4, -0.2) is 42.3 Å². The summed E-state index contributed by atoms with van der Waals surface area (Å²) in [5.41, 5.74) is 0.944. The van der Waals surface area contributed by atoms with E-state index in [-0.39, 0.29) is 5.82 Å². The molecule has 0 saturated carbocycles. The number of nitrogens with zero attached hydrogens (tertiary/aromatic N) is 6. The average Bonchev–Trinajstić information content (AvgIpc) is 3.01. The van der Waals surface area contributed by atoms with Crippen LogP contribution in [0.4, 0.5) is 0 Å². The van der Waals surface area contributed by atoms with Gasteiger partial charge in [0.2, 0.25) is 0 Å². The largest absolute Gasteiger partial charge is 0.460 e. The summed E-state index contributed by atoms with van der Waals surface area (Å²) in [6.07, 6.45) is 4.50. The Balaban J connectivity index is 2.17. The van der Waals surface area contributed by atoms with Crippen molar-refractivity contribution >= 4 is 5.97 Å². The molecule has 2 aromatic heterocycles. The lowest BCUT2D eigenvalue weighted by atomic mass is 10.4. The molecule has 8 heteroatoms. The van der Waals surface area contributed by atoms with E-state index in [4.69, 9.17) is 4.74 Å². The first-order chi connectivity index (χ1) is 9.26. The standard InChI is InChI=1S/C11H16N6O2/c1-3-5-16-8-12-6-9(16)7-17-10(13-14-15-17)11(18)19-4-2/h6,8H,3-5,7H2,1-2H3. The molecule has 2 heterocycles. The number of imidazole rings is 1. The van der Waals surface area contributed by atoms with E-state index in [0.29, 0.717) is 13.2 Å². The second kappa shape index (κ2) is 6.07. The molecule has 0 saturated heterocycles. The van der Waals surface area contributed by atoms with Crippen molar-refractivity contribution in [3.05, 3.63) is 24.0 Å². The second-order valence-corrected chi connectivity index (χ2v) is 3.96. The maximum atomic E-state index is 11.7. The summed E-state index contributed by atoms with van der Waals surface area (Å²) in [6.45, 7) is 5.38. The molecule has 0 aliphatic carbocycles. The number of hydrogen-bond acceptors (Lipinski definition) is 6. The summed E-state index contributed by atoms with van der Waals surface area (Å²) in [6, 6.07) is 0. The Bertz CT molecular complexity index is 547. The maximum Gasteiger partial charge on any atom is 0.378 e. The minimum absolute atomic E-state index is 0.103. The van der Waals surface area contributed by atoms with Crippen LogP contribution in [0, 0.1) is 0 Å². The number of hydrogen-bond donors (Lipinski definition) is 0. The van der Waals surface area contributed by atoms with E-state index in [2.05, 4.69) is 27.4 Å². The van der Waals surface area contributed by atoms with Crippen LogP contribution in [0.15, 0.2) is 12.5 Å². The van der Waals surface area contributed by atoms with Gasteiger partial charge in [0.15, 0.2) is 0 Å². The first kappa shape index (κ1) is 13.2. The highest BCUT2D eigenvalue weighted by Gasteiger charge is 2.17. The van der Waals surface area contributed by atoms with Crippen LogP contribution < -0.4 is 0 Å². The Morgan fingerprint density at radius 3 is 3.00 bits per heavy atom. The van der Waals surface area contributed by atoms with Gasteiger partial charge in [0.25, 0.3) is 5.82 Å². The lowest BCUT2D eigenvalue weighted by Crippen LogP contribution is -2.16. The Morgan fingerprint density at radius 2 is 2.26 bits per heavy atom. The molecule has 0 bridgehead atoms. The molecule has 0 aliphatic heterocycles. The van der Waals surface area contributed by atoms with Crippen molar-refractivity contribution in [1.82, 2.24) is 29.8 Å². The Hall–Kier alpha value is -2.25. The summed E-state index contributed by atoms with van der Waals surface area (Å²) < 4.78 is 8.33. The van der Waals surface area contributed by atoms with E-state index in [9.17, 15) is 4.79 Å². The molecule has 0 amide bonds. The zero-order valence-electron chi connectivity index (χ0n) is 11.0. The SMILES string of the molecule is CCCn1cncc1Cn1nnnc1C(=O)OCC. The second-order valence-electron chi connectivity index (χ2n) is 3.96. The molecule has 0 aliphatic rings. The molecule has 0 N–H and O–H groups in total. The fourth-order valence-electron chi connectivity index (χ4n) is 1.73. The quantitative estimate of drug-likeness (QED) is 0.706. The third-order valence-electron chi connectivity index (χ3n) is 2.56. The zero-order chi connectivity index (χ0) is 13.7. The molecule has 8 nitrogen and oxygen atoms in total. The highest BCUT2D eigenvalue weighted by molar-refractivity contribution is 5.85. The van der Waals surface area contributed by atoms with Crippen LogP contribution in [0.2, 0.25) is 0 Å². The molecule has 19 heavy (non-hydrogen) atoms. The van der Waals surface area contributed by atoms with Crippen molar-refractivity contribution in [2.24, 2.45) is 0 Å². The van der Waals surface area contributed by atoms with Crippen LogP contribution >= 0.6 is 0 Å². The first-order valence-corrected chi connectivity index (χ1v) is 6.18. The van der Waals surface area contributed by atoms with E-state index in [1.54, 1.807) is 19.4 Å². The zero-order valence-corrected chi connectivity index (χ0v) is 11.0. The molecule has 0 aromatic carbocycles. The number of tetrazole rings is 1. The van der Waals surface area contributed by atoms with Crippen molar-refractivity contribution in [3.8, 4) is 0 Å². The lowest BCUT2D eigenvalue weighted by Gasteiger charge is -2.07. The maximum absolute atomic E-state index is 11.7. The van der Waals surface area contributed by atoms with Gasteiger partial charge in [-0.25, -0.2) is 14.5 Å². The predicted octanol–water partition coefficient (Wildman–Crippen LogP) is 0.505. The van der Waals surface area contributed by atoms with Gasteiger partial charge < -0.3 is 9.30 Å². The van der Waals surface area contributed by atoms with Crippen LogP contribution in [0.5, 0.6) is 0 Å². The highest BCUT2D eigenvalue weighted by Crippen LogP contribution is 2.05. The summed E-state index contributed by atoms with van der Waals surface area (Å²) in [5, 5.41) is 11.0.